The van der Waals surface area contributed by atoms with E-state index in [-0.39, 0.29) is 11.9 Å². The molecule has 3 rings (SSSR count). The molecule has 1 saturated heterocycles. The van der Waals surface area contributed by atoms with Gasteiger partial charge in [0.05, 0.1) is 0 Å². The molecular formula is C22H29N5O. The van der Waals surface area contributed by atoms with Crippen LogP contribution in [0.4, 0.5) is 0 Å². The molecule has 1 fully saturated rings. The molecule has 0 spiro atoms. The van der Waals surface area contributed by atoms with Crippen molar-refractivity contribution < 1.29 is 4.79 Å². The van der Waals surface area contributed by atoms with Crippen molar-refractivity contribution in [1.29, 1.82) is 0 Å². The molecule has 0 saturated carbocycles. The summed E-state index contributed by atoms with van der Waals surface area (Å²) < 4.78 is 0. The third-order valence-electron chi connectivity index (χ3n) is 5.17. The number of nitrogens with zero attached hydrogens (tertiary/aromatic N) is 3. The molecule has 1 aromatic rings. The van der Waals surface area contributed by atoms with Gasteiger partial charge in [-0.1, -0.05) is 19.6 Å². The van der Waals surface area contributed by atoms with Crippen molar-refractivity contribution in [3.8, 4) is 0 Å². The zero-order chi connectivity index (χ0) is 20.1. The van der Waals surface area contributed by atoms with Gasteiger partial charge in [-0.2, -0.15) is 0 Å². The van der Waals surface area contributed by atoms with Crippen LogP contribution in [0.15, 0.2) is 53.6 Å². The molecule has 28 heavy (non-hydrogen) atoms. The Kier molecular flexibility index (Phi) is 6.29. The largest absolute Gasteiger partial charge is 0.383 e. The summed E-state index contributed by atoms with van der Waals surface area (Å²) in [6.45, 7) is 11.3. The molecule has 0 aliphatic carbocycles. The van der Waals surface area contributed by atoms with E-state index in [1.54, 1.807) is 6.20 Å². The molecule has 0 unspecified atom stereocenters. The van der Waals surface area contributed by atoms with Crippen LogP contribution in [0, 0.1) is 6.92 Å². The Hall–Kier alpha value is -2.89. The van der Waals surface area contributed by atoms with E-state index in [9.17, 15) is 4.79 Å². The van der Waals surface area contributed by atoms with Gasteiger partial charge in [0.15, 0.2) is 0 Å². The number of carbonyl (C=O) groups is 1. The second-order valence-corrected chi connectivity index (χ2v) is 7.23. The van der Waals surface area contributed by atoms with E-state index in [2.05, 4.69) is 40.2 Å². The van der Waals surface area contributed by atoms with E-state index in [4.69, 9.17) is 0 Å². The summed E-state index contributed by atoms with van der Waals surface area (Å²) in [5.41, 5.74) is 5.13. The van der Waals surface area contributed by atoms with Crippen molar-refractivity contribution in [1.82, 2.24) is 20.5 Å². The summed E-state index contributed by atoms with van der Waals surface area (Å²) in [7, 11) is 0. The lowest BCUT2D eigenvalue weighted by atomic mass is 9.98. The highest BCUT2D eigenvalue weighted by atomic mass is 16.2. The molecule has 2 aliphatic heterocycles. The Morgan fingerprint density at radius 1 is 1.50 bits per heavy atom. The fourth-order valence-corrected chi connectivity index (χ4v) is 3.76. The van der Waals surface area contributed by atoms with Crippen molar-refractivity contribution >= 4 is 17.3 Å². The maximum Gasteiger partial charge on any atom is 0.222 e. The number of aromatic nitrogens is 1. The molecule has 2 N–H and O–H groups in total. The van der Waals surface area contributed by atoms with Crippen LogP contribution < -0.4 is 10.6 Å². The number of piperidine rings is 1. The van der Waals surface area contributed by atoms with Crippen molar-refractivity contribution in [3.05, 3.63) is 59.8 Å². The number of pyridine rings is 1. The number of nitrogens with one attached hydrogen (secondary N) is 2. The van der Waals surface area contributed by atoms with Crippen LogP contribution in [0.3, 0.4) is 0 Å². The summed E-state index contributed by atoms with van der Waals surface area (Å²) in [5, 5.41) is 6.89. The van der Waals surface area contributed by atoms with E-state index in [1.165, 1.54) is 0 Å². The fourth-order valence-electron chi connectivity index (χ4n) is 3.76. The second-order valence-electron chi connectivity index (χ2n) is 7.23. The van der Waals surface area contributed by atoms with Gasteiger partial charge < -0.3 is 15.5 Å². The maximum atomic E-state index is 12.1. The van der Waals surface area contributed by atoms with E-state index >= 15 is 0 Å². The normalized spacial score (nSPS) is 22.5. The van der Waals surface area contributed by atoms with Gasteiger partial charge in [0.25, 0.3) is 0 Å². The summed E-state index contributed by atoms with van der Waals surface area (Å²) in [5.74, 6) is 0.993. The number of aliphatic imine (C=N–C) groups is 1. The molecule has 2 aliphatic rings. The molecule has 6 heteroatoms. The molecule has 0 radical (unpaired) electrons. The predicted octanol–water partition coefficient (Wildman–Crippen LogP) is 3.14. The molecule has 6 nitrogen and oxygen atoms in total. The van der Waals surface area contributed by atoms with E-state index in [0.717, 1.165) is 59.9 Å². The molecule has 0 aromatic carbocycles. The first-order chi connectivity index (χ1) is 13.5. The van der Waals surface area contributed by atoms with Gasteiger partial charge in [0.1, 0.15) is 5.84 Å². The Bertz CT molecular complexity index is 835. The zero-order valence-corrected chi connectivity index (χ0v) is 17.0. The summed E-state index contributed by atoms with van der Waals surface area (Å²) in [6, 6.07) is 4.32. The topological polar surface area (TPSA) is 69.6 Å². The zero-order valence-electron chi connectivity index (χ0n) is 17.0. The number of hydrogen-bond acceptors (Lipinski definition) is 4. The third kappa shape index (κ3) is 4.32. The maximum absolute atomic E-state index is 12.1. The first-order valence-corrected chi connectivity index (χ1v) is 9.87. The van der Waals surface area contributed by atoms with Crippen LogP contribution in [0.25, 0.3) is 5.57 Å². The van der Waals surface area contributed by atoms with Crippen LogP contribution in [0.5, 0.6) is 0 Å². The lowest BCUT2D eigenvalue weighted by Crippen LogP contribution is -2.47. The Labute approximate surface area is 167 Å². The van der Waals surface area contributed by atoms with Gasteiger partial charge in [-0.3, -0.25) is 9.78 Å². The first kappa shape index (κ1) is 19.9. The smallest absolute Gasteiger partial charge is 0.222 e. The highest BCUT2D eigenvalue weighted by Crippen LogP contribution is 2.29. The Morgan fingerprint density at radius 2 is 2.32 bits per heavy atom. The molecule has 3 heterocycles. The standard InChI is InChI=1S/C22H29N5O/c1-5-20(28)27-11-7-8-18(14-27)26-16(4)21-19(13-25-22(21)23-6-2)17-10-9-15(3)24-12-17/h6,9-10,12-13,18,26H,2,5,7-8,11,14H2,1,3-4H3,(H,23,25)/b21-16+/t18-/m1/s1. The van der Waals surface area contributed by atoms with Crippen molar-refractivity contribution in [2.75, 3.05) is 13.1 Å². The second kappa shape index (κ2) is 8.87. The van der Waals surface area contributed by atoms with Crippen LogP contribution in [-0.4, -0.2) is 40.8 Å². The lowest BCUT2D eigenvalue weighted by Gasteiger charge is -2.34. The third-order valence-corrected chi connectivity index (χ3v) is 5.17. The van der Waals surface area contributed by atoms with Crippen molar-refractivity contribution in [2.45, 2.75) is 46.1 Å². The van der Waals surface area contributed by atoms with E-state index in [1.807, 2.05) is 37.2 Å². The van der Waals surface area contributed by atoms with Crippen LogP contribution in [-0.2, 0) is 4.79 Å². The molecule has 1 amide bonds. The lowest BCUT2D eigenvalue weighted by molar-refractivity contribution is -0.132. The molecule has 1 aromatic heterocycles. The van der Waals surface area contributed by atoms with Gasteiger partial charge >= 0.3 is 0 Å². The van der Waals surface area contributed by atoms with Gasteiger partial charge in [-0.25, -0.2) is 4.99 Å². The minimum absolute atomic E-state index is 0.222. The SMILES string of the molecule is C=C/N=C1/NC=C(c2ccc(C)nc2)/C1=C(/C)N[C@@H]1CCCN(C(=O)CC)C1. The number of aryl methyl sites for hydroxylation is 1. The highest BCUT2D eigenvalue weighted by Gasteiger charge is 2.26. The van der Waals surface area contributed by atoms with Crippen LogP contribution in [0.2, 0.25) is 0 Å². The summed E-state index contributed by atoms with van der Waals surface area (Å²) in [4.78, 5) is 22.9. The van der Waals surface area contributed by atoms with Gasteiger partial charge in [0, 0.05) is 72.2 Å². The molecule has 148 valence electrons. The predicted molar refractivity (Wildman–Crippen MR) is 113 cm³/mol. The Balaban J connectivity index is 1.86. The van der Waals surface area contributed by atoms with Crippen molar-refractivity contribution in [3.63, 3.8) is 0 Å². The minimum Gasteiger partial charge on any atom is -0.383 e. The number of likely N-dealkylation sites (tertiary alicyclic amines) is 1. The molecule has 1 atom stereocenters. The monoisotopic (exact) mass is 379 g/mol. The van der Waals surface area contributed by atoms with Gasteiger partial charge in [-0.15, -0.1) is 0 Å². The first-order valence-electron chi connectivity index (χ1n) is 9.87. The average Bonchev–Trinajstić information content (AvgIpc) is 3.12. The number of hydrogen-bond donors (Lipinski definition) is 2. The summed E-state index contributed by atoms with van der Waals surface area (Å²) >= 11 is 0. The van der Waals surface area contributed by atoms with E-state index in [0.29, 0.717) is 6.42 Å². The van der Waals surface area contributed by atoms with E-state index < -0.39 is 0 Å². The quantitative estimate of drug-likeness (QED) is 0.825. The van der Waals surface area contributed by atoms with Gasteiger partial charge in [-0.05, 0) is 32.8 Å². The highest BCUT2D eigenvalue weighted by molar-refractivity contribution is 6.17. The molecular weight excluding hydrogens is 350 g/mol. The van der Waals surface area contributed by atoms with Crippen LogP contribution in [0.1, 0.15) is 44.4 Å². The minimum atomic E-state index is 0.222. The Morgan fingerprint density at radius 3 is 3.00 bits per heavy atom. The number of allylic oxidation sites excluding steroid dienone is 1. The number of amidine groups is 1. The average molecular weight is 380 g/mol. The van der Waals surface area contributed by atoms with Crippen molar-refractivity contribution in [2.24, 2.45) is 4.99 Å². The number of carbonyl (C=O) groups excluding carboxylic acids is 1. The fraction of sp³-hybridized carbons (Fsp3) is 0.409. The number of amides is 1. The van der Waals surface area contributed by atoms with Crippen LogP contribution >= 0.6 is 0 Å². The summed E-state index contributed by atoms with van der Waals surface area (Å²) in [6.07, 6.45) is 8.01. The number of rotatable bonds is 5. The van der Waals surface area contributed by atoms with Gasteiger partial charge in [0.2, 0.25) is 5.91 Å². The molecule has 0 bridgehead atoms.